The second-order valence-electron chi connectivity index (χ2n) is 6.53. The number of hydrogen-bond acceptors (Lipinski definition) is 5. The van der Waals surface area contributed by atoms with Gasteiger partial charge in [-0.05, 0) is 31.4 Å². The van der Waals surface area contributed by atoms with Gasteiger partial charge < -0.3 is 11.1 Å². The van der Waals surface area contributed by atoms with Crippen molar-refractivity contribution in [3.63, 3.8) is 0 Å². The van der Waals surface area contributed by atoms with E-state index < -0.39 is 15.6 Å². The van der Waals surface area contributed by atoms with Gasteiger partial charge in [-0.15, -0.1) is 11.3 Å². The molecule has 25 heavy (non-hydrogen) atoms. The Morgan fingerprint density at radius 1 is 1.24 bits per heavy atom. The van der Waals surface area contributed by atoms with Crippen LogP contribution in [0.15, 0.2) is 16.3 Å². The van der Waals surface area contributed by atoms with Crippen LogP contribution in [0.2, 0.25) is 0 Å². The Kier molecular flexibility index (Phi) is 7.01. The van der Waals surface area contributed by atoms with Gasteiger partial charge in [-0.3, -0.25) is 4.79 Å². The molecule has 1 aromatic heterocycles. The first-order valence-electron chi connectivity index (χ1n) is 8.99. The third kappa shape index (κ3) is 4.81. The van der Waals surface area contributed by atoms with Crippen molar-refractivity contribution < 1.29 is 13.2 Å². The molecule has 6 nitrogen and oxygen atoms in total. The van der Waals surface area contributed by atoms with Gasteiger partial charge in [-0.25, -0.2) is 8.42 Å². The van der Waals surface area contributed by atoms with Gasteiger partial charge in [0.15, 0.2) is 0 Å². The van der Waals surface area contributed by atoms with Crippen molar-refractivity contribution in [2.45, 2.75) is 62.1 Å². The zero-order chi connectivity index (χ0) is 18.5. The predicted octanol–water partition coefficient (Wildman–Crippen LogP) is 2.10. The highest BCUT2D eigenvalue weighted by atomic mass is 32.2. The number of nitrogens with two attached hydrogens (primary N) is 1. The number of carbonyl (C=O) groups is 1. The molecule has 0 spiro atoms. The smallest absolute Gasteiger partial charge is 0.252 e. The van der Waals surface area contributed by atoms with Crippen LogP contribution in [-0.4, -0.2) is 43.8 Å². The highest BCUT2D eigenvalue weighted by Gasteiger charge is 2.34. The molecule has 0 aliphatic heterocycles. The third-order valence-electron chi connectivity index (χ3n) is 4.79. The van der Waals surface area contributed by atoms with Crippen LogP contribution in [0.4, 0.5) is 0 Å². The van der Waals surface area contributed by atoms with Crippen molar-refractivity contribution in [1.29, 1.82) is 0 Å². The van der Waals surface area contributed by atoms with Crippen LogP contribution in [0.3, 0.4) is 0 Å². The maximum absolute atomic E-state index is 12.5. The van der Waals surface area contributed by atoms with Gasteiger partial charge in [0.2, 0.25) is 5.91 Å². The molecule has 2 rings (SSSR count). The van der Waals surface area contributed by atoms with E-state index in [-0.39, 0.29) is 5.91 Å². The fourth-order valence-electron chi connectivity index (χ4n) is 3.21. The highest BCUT2D eigenvalue weighted by molar-refractivity contribution is 7.91. The monoisotopic (exact) mass is 387 g/mol. The molecule has 1 aliphatic carbocycles. The summed E-state index contributed by atoms with van der Waals surface area (Å²) in [5.41, 5.74) is 5.48. The molecule has 0 aromatic carbocycles. The van der Waals surface area contributed by atoms with Gasteiger partial charge in [0.25, 0.3) is 10.0 Å². The van der Waals surface area contributed by atoms with Crippen molar-refractivity contribution in [3.8, 4) is 0 Å². The molecule has 1 amide bonds. The molecule has 1 aliphatic rings. The summed E-state index contributed by atoms with van der Waals surface area (Å²) in [5.74, 6) is -0.0836. The van der Waals surface area contributed by atoms with Gasteiger partial charge in [-0.1, -0.05) is 33.1 Å². The number of nitrogens with one attached hydrogen (secondary N) is 1. The Morgan fingerprint density at radius 2 is 1.88 bits per heavy atom. The zero-order valence-electron chi connectivity index (χ0n) is 15.1. The first kappa shape index (κ1) is 20.4. The van der Waals surface area contributed by atoms with Crippen LogP contribution in [0, 0.1) is 0 Å². The summed E-state index contributed by atoms with van der Waals surface area (Å²) in [6.45, 7) is 5.06. The van der Waals surface area contributed by atoms with Crippen LogP contribution >= 0.6 is 11.3 Å². The molecule has 1 aromatic rings. The lowest BCUT2D eigenvalue weighted by Crippen LogP contribution is -2.55. The van der Waals surface area contributed by atoms with Crippen molar-refractivity contribution in [2.24, 2.45) is 5.73 Å². The van der Waals surface area contributed by atoms with Crippen molar-refractivity contribution in [1.82, 2.24) is 9.62 Å². The molecule has 3 N–H and O–H groups in total. The first-order chi connectivity index (χ1) is 11.8. The second-order valence-corrected chi connectivity index (χ2v) is 9.87. The number of nitrogens with zero attached hydrogens (tertiary/aromatic N) is 1. The Hall–Kier alpha value is -0.960. The molecule has 1 saturated carbocycles. The van der Waals surface area contributed by atoms with Crippen LogP contribution in [0.5, 0.6) is 0 Å². The Labute approximate surface area is 154 Å². The molecule has 8 heteroatoms. The fraction of sp³-hybridized carbons (Fsp3) is 0.706. The number of sulfonamides is 1. The van der Waals surface area contributed by atoms with Gasteiger partial charge in [0, 0.05) is 24.5 Å². The molecule has 0 unspecified atom stereocenters. The number of amides is 1. The van der Waals surface area contributed by atoms with E-state index in [0.29, 0.717) is 30.3 Å². The van der Waals surface area contributed by atoms with E-state index in [0.717, 1.165) is 37.0 Å². The molecule has 1 heterocycles. The normalized spacial score (nSPS) is 17.6. The minimum atomic E-state index is -3.40. The summed E-state index contributed by atoms with van der Waals surface area (Å²) in [6.07, 6.45) is 5.24. The van der Waals surface area contributed by atoms with Crippen molar-refractivity contribution in [3.05, 3.63) is 17.0 Å². The average Bonchev–Trinajstić information content (AvgIpc) is 3.06. The quantitative estimate of drug-likeness (QED) is 0.714. The summed E-state index contributed by atoms with van der Waals surface area (Å²) in [4.78, 5) is 13.3. The van der Waals surface area contributed by atoms with Gasteiger partial charge in [0.1, 0.15) is 4.21 Å². The maximum Gasteiger partial charge on any atom is 0.252 e. The summed E-state index contributed by atoms with van der Waals surface area (Å²) in [7, 11) is -3.40. The van der Waals surface area contributed by atoms with Crippen LogP contribution in [0.1, 0.15) is 50.8 Å². The fourth-order valence-corrected chi connectivity index (χ4v) is 6.17. The molecule has 0 bridgehead atoms. The number of rotatable bonds is 8. The van der Waals surface area contributed by atoms with Gasteiger partial charge in [-0.2, -0.15) is 4.31 Å². The zero-order valence-corrected chi connectivity index (χ0v) is 16.7. The lowest BCUT2D eigenvalue weighted by Gasteiger charge is -2.31. The SMILES string of the molecule is CCN(CC)S(=O)(=O)c1ccc(CCNC(=O)C2(N)CCCCC2)s1. The van der Waals surface area contributed by atoms with Gasteiger partial charge in [0.05, 0.1) is 5.54 Å². The van der Waals surface area contributed by atoms with Crippen LogP contribution in [0.25, 0.3) is 0 Å². The van der Waals surface area contributed by atoms with Crippen LogP contribution in [-0.2, 0) is 21.2 Å². The molecular weight excluding hydrogens is 358 g/mol. The first-order valence-corrected chi connectivity index (χ1v) is 11.2. The summed E-state index contributed by atoms with van der Waals surface area (Å²) < 4.78 is 26.8. The van der Waals surface area contributed by atoms with E-state index in [4.69, 9.17) is 5.73 Å². The topological polar surface area (TPSA) is 92.5 Å². The number of carbonyl (C=O) groups excluding carboxylic acids is 1. The maximum atomic E-state index is 12.5. The van der Waals surface area contributed by atoms with E-state index in [2.05, 4.69) is 5.32 Å². The predicted molar refractivity (Wildman–Crippen MR) is 101 cm³/mol. The molecule has 0 saturated heterocycles. The van der Waals surface area contributed by atoms with Crippen molar-refractivity contribution in [2.75, 3.05) is 19.6 Å². The van der Waals surface area contributed by atoms with Crippen LogP contribution < -0.4 is 11.1 Å². The van der Waals surface area contributed by atoms with Gasteiger partial charge >= 0.3 is 0 Å². The number of thiophene rings is 1. The second kappa shape index (κ2) is 8.62. The number of hydrogen-bond donors (Lipinski definition) is 2. The molecule has 1 fully saturated rings. The molecule has 0 radical (unpaired) electrons. The standard InChI is InChI=1S/C17H29N3O3S2/c1-3-20(4-2)25(22,23)15-9-8-14(24-15)10-13-19-16(21)17(18)11-6-5-7-12-17/h8-9H,3-7,10-13,18H2,1-2H3,(H,19,21). The van der Waals surface area contributed by atoms with E-state index >= 15 is 0 Å². The molecule has 142 valence electrons. The summed E-state index contributed by atoms with van der Waals surface area (Å²) >= 11 is 1.27. The minimum absolute atomic E-state index is 0.0836. The average molecular weight is 388 g/mol. The van der Waals surface area contributed by atoms with E-state index in [1.807, 2.05) is 19.9 Å². The molecular formula is C17H29N3O3S2. The Bertz CT molecular complexity index is 675. The summed E-state index contributed by atoms with van der Waals surface area (Å²) in [6, 6.07) is 3.48. The van der Waals surface area contributed by atoms with Crippen molar-refractivity contribution >= 4 is 27.3 Å². The van der Waals surface area contributed by atoms with E-state index in [1.54, 1.807) is 6.07 Å². The largest absolute Gasteiger partial charge is 0.354 e. The Morgan fingerprint density at radius 3 is 2.48 bits per heavy atom. The minimum Gasteiger partial charge on any atom is -0.354 e. The third-order valence-corrected chi connectivity index (χ3v) is 8.45. The lowest BCUT2D eigenvalue weighted by molar-refractivity contribution is -0.127. The van der Waals surface area contributed by atoms with E-state index in [9.17, 15) is 13.2 Å². The van der Waals surface area contributed by atoms with E-state index in [1.165, 1.54) is 15.6 Å². The summed E-state index contributed by atoms with van der Waals surface area (Å²) in [5, 5.41) is 2.92. The Balaban J connectivity index is 1.90. The lowest BCUT2D eigenvalue weighted by atomic mass is 9.82. The molecule has 0 atom stereocenters. The highest BCUT2D eigenvalue weighted by Crippen LogP contribution is 2.27.